The van der Waals surface area contributed by atoms with Gasteiger partial charge >= 0.3 is 0 Å². The van der Waals surface area contributed by atoms with Crippen LogP contribution >= 0.6 is 15.9 Å². The maximum atomic E-state index is 3.98. The van der Waals surface area contributed by atoms with Crippen LogP contribution in [0.3, 0.4) is 0 Å². The summed E-state index contributed by atoms with van der Waals surface area (Å²) in [6, 6.07) is 0. The molecule has 0 aromatic heterocycles. The smallest absolute Gasteiger partial charge is 0.0286 e. The van der Waals surface area contributed by atoms with Crippen molar-refractivity contribution >= 4 is 15.9 Å². The molecule has 0 radical (unpaired) electrons. The lowest BCUT2D eigenvalue weighted by atomic mass is 9.52. The molecule has 0 amide bonds. The first kappa shape index (κ1) is 7.84. The van der Waals surface area contributed by atoms with Crippen LogP contribution in [0.1, 0.15) is 39.0 Å². The molecular weight excluding hydrogens is 212 g/mol. The normalized spacial score (nSPS) is 62.5. The molecule has 0 nitrogen and oxygen atoms in total. The molecule has 0 N–H and O–H groups in total. The molecule has 4 aliphatic rings. The second kappa shape index (κ2) is 2.29. The second-order valence-corrected chi connectivity index (χ2v) is 7.16. The van der Waals surface area contributed by atoms with Crippen LogP contribution in [0.4, 0.5) is 0 Å². The minimum Gasteiger partial charge on any atom is -0.0850 e. The Bertz CT molecular complexity index is 177. The van der Waals surface area contributed by atoms with Crippen molar-refractivity contribution in [2.75, 3.05) is 0 Å². The van der Waals surface area contributed by atoms with Gasteiger partial charge in [-0.1, -0.05) is 15.9 Å². The van der Waals surface area contributed by atoms with E-state index in [1.807, 2.05) is 0 Å². The Morgan fingerprint density at radius 2 is 1.33 bits per heavy atom. The highest BCUT2D eigenvalue weighted by molar-refractivity contribution is 9.10. The molecule has 0 aromatic rings. The number of halogens is 1. The summed E-state index contributed by atoms with van der Waals surface area (Å²) in [5.41, 5.74) is 0. The molecule has 0 saturated heterocycles. The van der Waals surface area contributed by atoms with E-state index in [0.717, 1.165) is 23.7 Å². The van der Waals surface area contributed by atoms with Gasteiger partial charge in [0.05, 0.1) is 0 Å². The quantitative estimate of drug-likeness (QED) is 0.557. The summed E-state index contributed by atoms with van der Waals surface area (Å²) in [5.74, 6) is 4.23. The van der Waals surface area contributed by atoms with Crippen molar-refractivity contribution in [3.8, 4) is 0 Å². The molecule has 0 unspecified atom stereocenters. The summed E-state index contributed by atoms with van der Waals surface area (Å²) in [4.78, 5) is 0. The maximum absolute atomic E-state index is 3.98. The molecule has 4 fully saturated rings. The molecule has 4 bridgehead atoms. The first-order valence-electron chi connectivity index (χ1n) is 5.35. The zero-order valence-electron chi connectivity index (χ0n) is 7.72. The summed E-state index contributed by atoms with van der Waals surface area (Å²) >= 11 is 3.98. The lowest BCUT2D eigenvalue weighted by molar-refractivity contribution is -0.00672. The van der Waals surface area contributed by atoms with Crippen molar-refractivity contribution in [3.63, 3.8) is 0 Å². The van der Waals surface area contributed by atoms with Crippen LogP contribution in [-0.2, 0) is 0 Å². The van der Waals surface area contributed by atoms with E-state index in [9.17, 15) is 0 Å². The van der Waals surface area contributed by atoms with E-state index in [1.165, 1.54) is 25.7 Å². The molecular formula is C11H17Br. The molecule has 0 spiro atoms. The average molecular weight is 229 g/mol. The fourth-order valence-electron chi connectivity index (χ4n) is 4.11. The monoisotopic (exact) mass is 228 g/mol. The van der Waals surface area contributed by atoms with Gasteiger partial charge in [-0.15, -0.1) is 0 Å². The largest absolute Gasteiger partial charge is 0.0850 e. The van der Waals surface area contributed by atoms with Crippen molar-refractivity contribution in [1.82, 2.24) is 0 Å². The topological polar surface area (TPSA) is 0 Å². The van der Waals surface area contributed by atoms with Gasteiger partial charge in [0.25, 0.3) is 0 Å². The first-order chi connectivity index (χ1) is 5.66. The zero-order valence-corrected chi connectivity index (χ0v) is 9.31. The van der Waals surface area contributed by atoms with Crippen molar-refractivity contribution in [2.24, 2.45) is 23.7 Å². The average Bonchev–Trinajstić information content (AvgIpc) is 1.99. The Kier molecular flexibility index (Phi) is 1.50. The van der Waals surface area contributed by atoms with Crippen LogP contribution in [0.15, 0.2) is 0 Å². The Morgan fingerprint density at radius 3 is 1.75 bits per heavy atom. The van der Waals surface area contributed by atoms with Gasteiger partial charge < -0.3 is 0 Å². The van der Waals surface area contributed by atoms with E-state index in [1.54, 1.807) is 6.42 Å². The van der Waals surface area contributed by atoms with E-state index in [2.05, 4.69) is 22.9 Å². The molecule has 12 heavy (non-hydrogen) atoms. The van der Waals surface area contributed by atoms with Crippen LogP contribution in [0.2, 0.25) is 0 Å². The molecule has 0 aromatic carbocycles. The van der Waals surface area contributed by atoms with Crippen molar-refractivity contribution in [1.29, 1.82) is 0 Å². The standard InChI is InChI=1S/C11H17Br/c1-11(12)9-3-7-2-8(5-9)6-10(11)4-7/h7-10H,2-6H2,1H3. The first-order valence-corrected chi connectivity index (χ1v) is 6.14. The highest BCUT2D eigenvalue weighted by atomic mass is 79.9. The van der Waals surface area contributed by atoms with Crippen LogP contribution in [0, 0.1) is 23.7 Å². The minimum atomic E-state index is 0.514. The molecule has 0 heterocycles. The Morgan fingerprint density at radius 1 is 0.917 bits per heavy atom. The van der Waals surface area contributed by atoms with Gasteiger partial charge in [0.2, 0.25) is 0 Å². The van der Waals surface area contributed by atoms with Crippen LogP contribution < -0.4 is 0 Å². The highest BCUT2D eigenvalue weighted by Crippen LogP contribution is 2.61. The third-order valence-electron chi connectivity index (χ3n) is 4.73. The Hall–Kier alpha value is 0.480. The third-order valence-corrected chi connectivity index (χ3v) is 6.03. The van der Waals surface area contributed by atoms with E-state index in [-0.39, 0.29) is 0 Å². The number of alkyl halides is 1. The predicted octanol–water partition coefficient (Wildman–Crippen LogP) is 3.60. The molecule has 4 rings (SSSR count). The Labute approximate surface area is 83.2 Å². The maximum Gasteiger partial charge on any atom is 0.0286 e. The van der Waals surface area contributed by atoms with Crippen LogP contribution in [-0.4, -0.2) is 4.32 Å². The van der Waals surface area contributed by atoms with Gasteiger partial charge in [-0.25, -0.2) is 0 Å². The van der Waals surface area contributed by atoms with E-state index < -0.39 is 0 Å². The van der Waals surface area contributed by atoms with Gasteiger partial charge in [0, 0.05) is 4.32 Å². The van der Waals surface area contributed by atoms with E-state index >= 15 is 0 Å². The third kappa shape index (κ3) is 0.893. The van der Waals surface area contributed by atoms with Gasteiger partial charge in [-0.3, -0.25) is 0 Å². The number of hydrogen-bond donors (Lipinski definition) is 0. The predicted molar refractivity (Wildman–Crippen MR) is 54.4 cm³/mol. The number of hydrogen-bond acceptors (Lipinski definition) is 0. The van der Waals surface area contributed by atoms with Gasteiger partial charge in [-0.05, 0) is 62.7 Å². The SMILES string of the molecule is CC1(Br)C2CC3CC(C2)CC1C3. The van der Waals surface area contributed by atoms with Crippen LogP contribution in [0.25, 0.3) is 0 Å². The molecule has 1 heteroatoms. The summed E-state index contributed by atoms with van der Waals surface area (Å²) < 4.78 is 0.514. The number of rotatable bonds is 0. The molecule has 4 aliphatic carbocycles. The van der Waals surface area contributed by atoms with Crippen molar-refractivity contribution < 1.29 is 0 Å². The van der Waals surface area contributed by atoms with Gasteiger partial charge in [0.1, 0.15) is 0 Å². The van der Waals surface area contributed by atoms with Crippen molar-refractivity contribution in [3.05, 3.63) is 0 Å². The summed E-state index contributed by atoms with van der Waals surface area (Å²) in [7, 11) is 0. The van der Waals surface area contributed by atoms with Crippen LogP contribution in [0.5, 0.6) is 0 Å². The minimum absolute atomic E-state index is 0.514. The van der Waals surface area contributed by atoms with E-state index in [0.29, 0.717) is 4.32 Å². The Balaban J connectivity index is 1.96. The second-order valence-electron chi connectivity index (χ2n) is 5.46. The molecule has 68 valence electrons. The highest BCUT2D eigenvalue weighted by Gasteiger charge is 2.53. The van der Waals surface area contributed by atoms with Gasteiger partial charge in [0.15, 0.2) is 0 Å². The lowest BCUT2D eigenvalue weighted by Crippen LogP contribution is -2.52. The molecule has 0 aliphatic heterocycles. The fraction of sp³-hybridized carbons (Fsp3) is 1.00. The van der Waals surface area contributed by atoms with Gasteiger partial charge in [-0.2, -0.15) is 0 Å². The fourth-order valence-corrected chi connectivity index (χ4v) is 4.85. The van der Waals surface area contributed by atoms with E-state index in [4.69, 9.17) is 0 Å². The molecule has 0 atom stereocenters. The van der Waals surface area contributed by atoms with Crippen molar-refractivity contribution in [2.45, 2.75) is 43.4 Å². The lowest BCUT2D eigenvalue weighted by Gasteiger charge is -2.57. The molecule has 4 saturated carbocycles. The summed E-state index contributed by atoms with van der Waals surface area (Å²) in [6.45, 7) is 2.44. The summed E-state index contributed by atoms with van der Waals surface area (Å²) in [6.07, 6.45) is 7.66. The zero-order chi connectivity index (χ0) is 8.34. The summed E-state index contributed by atoms with van der Waals surface area (Å²) in [5, 5.41) is 0.